The summed E-state index contributed by atoms with van der Waals surface area (Å²) in [5.74, 6) is 1.43. The van der Waals surface area contributed by atoms with E-state index in [1.807, 2.05) is 60.0 Å². The van der Waals surface area contributed by atoms with E-state index in [-0.39, 0.29) is 10.7 Å². The number of rotatable bonds is 7. The zero-order valence-electron chi connectivity index (χ0n) is 19.5. The van der Waals surface area contributed by atoms with Crippen molar-refractivity contribution in [3.8, 4) is 17.1 Å². The standard InChI is InChI=1S/C26H22ClN5O3S/c1-17-3-13-22(14-4-17)36(33,34)31-24-23-26(29-16-28-24)32(15-18-5-9-20(27)10-6-18)25(30-23)19-7-11-21(35-2)12-8-19/h3-14,16H,15H2,1-2H3,(H,28,29,31). The van der Waals surface area contributed by atoms with Gasteiger partial charge >= 0.3 is 0 Å². The van der Waals surface area contributed by atoms with Crippen LogP contribution in [0.1, 0.15) is 11.1 Å². The van der Waals surface area contributed by atoms with E-state index in [2.05, 4.69) is 14.7 Å². The molecule has 0 aliphatic carbocycles. The third-order valence-corrected chi connectivity index (χ3v) is 7.30. The number of benzene rings is 3. The molecule has 0 atom stereocenters. The maximum Gasteiger partial charge on any atom is 0.263 e. The number of fused-ring (bicyclic) bond motifs is 1. The molecule has 1 N–H and O–H groups in total. The van der Waals surface area contributed by atoms with Crippen LogP contribution in [0.3, 0.4) is 0 Å². The molecule has 0 radical (unpaired) electrons. The Bertz CT molecular complexity index is 1630. The van der Waals surface area contributed by atoms with Crippen LogP contribution in [0, 0.1) is 6.92 Å². The zero-order valence-corrected chi connectivity index (χ0v) is 21.1. The number of nitrogens with zero attached hydrogens (tertiary/aromatic N) is 4. The van der Waals surface area contributed by atoms with E-state index < -0.39 is 10.0 Å². The van der Waals surface area contributed by atoms with Gasteiger partial charge in [-0.25, -0.2) is 23.4 Å². The van der Waals surface area contributed by atoms with Crippen molar-refractivity contribution < 1.29 is 13.2 Å². The Morgan fingerprint density at radius 2 is 1.64 bits per heavy atom. The summed E-state index contributed by atoms with van der Waals surface area (Å²) in [5, 5.41) is 0.639. The largest absolute Gasteiger partial charge is 0.497 e. The number of ether oxygens (including phenoxy) is 1. The first-order valence-corrected chi connectivity index (χ1v) is 12.9. The topological polar surface area (TPSA) is 99.0 Å². The summed E-state index contributed by atoms with van der Waals surface area (Å²) in [6, 6.07) is 21.5. The average Bonchev–Trinajstić information content (AvgIpc) is 3.25. The zero-order chi connectivity index (χ0) is 25.3. The predicted molar refractivity (Wildman–Crippen MR) is 140 cm³/mol. The highest BCUT2D eigenvalue weighted by Crippen LogP contribution is 2.30. The van der Waals surface area contributed by atoms with Crippen molar-refractivity contribution in [1.82, 2.24) is 19.5 Å². The number of aromatic nitrogens is 4. The summed E-state index contributed by atoms with van der Waals surface area (Å²) in [6.07, 6.45) is 1.33. The molecule has 0 fully saturated rings. The lowest BCUT2D eigenvalue weighted by molar-refractivity contribution is 0.415. The maximum absolute atomic E-state index is 13.1. The molecule has 0 aliphatic rings. The number of anilines is 1. The first kappa shape index (κ1) is 23.8. The fraction of sp³-hybridized carbons (Fsp3) is 0.115. The minimum absolute atomic E-state index is 0.102. The lowest BCUT2D eigenvalue weighted by Gasteiger charge is -2.10. The Morgan fingerprint density at radius 3 is 2.31 bits per heavy atom. The fourth-order valence-electron chi connectivity index (χ4n) is 3.80. The summed E-state index contributed by atoms with van der Waals surface area (Å²) in [6.45, 7) is 2.34. The van der Waals surface area contributed by atoms with Crippen molar-refractivity contribution in [3.63, 3.8) is 0 Å². The van der Waals surface area contributed by atoms with Gasteiger partial charge < -0.3 is 9.30 Å². The van der Waals surface area contributed by atoms with E-state index in [0.29, 0.717) is 34.3 Å². The highest BCUT2D eigenvalue weighted by atomic mass is 35.5. The van der Waals surface area contributed by atoms with Gasteiger partial charge in [0.15, 0.2) is 17.0 Å². The molecule has 5 aromatic rings. The van der Waals surface area contributed by atoms with E-state index in [1.54, 1.807) is 31.4 Å². The van der Waals surface area contributed by atoms with Crippen LogP contribution in [0.15, 0.2) is 84.0 Å². The summed E-state index contributed by atoms with van der Waals surface area (Å²) >= 11 is 6.07. The number of halogens is 1. The van der Waals surface area contributed by atoms with Crippen LogP contribution in [-0.4, -0.2) is 35.0 Å². The van der Waals surface area contributed by atoms with E-state index >= 15 is 0 Å². The Balaban J connectivity index is 1.63. The monoisotopic (exact) mass is 519 g/mol. The number of imidazole rings is 1. The van der Waals surface area contributed by atoms with Gasteiger partial charge in [0.05, 0.1) is 18.6 Å². The molecule has 0 bridgehead atoms. The molecule has 0 saturated carbocycles. The van der Waals surface area contributed by atoms with Gasteiger partial charge in [-0.05, 0) is 61.0 Å². The van der Waals surface area contributed by atoms with Crippen molar-refractivity contribution in [2.75, 3.05) is 11.8 Å². The second-order valence-corrected chi connectivity index (χ2v) is 10.3. The van der Waals surface area contributed by atoms with Crippen LogP contribution in [0.25, 0.3) is 22.6 Å². The Kier molecular flexibility index (Phi) is 6.34. The molecule has 10 heteroatoms. The first-order valence-electron chi connectivity index (χ1n) is 11.0. The van der Waals surface area contributed by atoms with Gasteiger partial charge in [0.1, 0.15) is 17.9 Å². The highest BCUT2D eigenvalue weighted by molar-refractivity contribution is 7.92. The van der Waals surface area contributed by atoms with Crippen molar-refractivity contribution in [2.24, 2.45) is 0 Å². The Morgan fingerprint density at radius 1 is 0.944 bits per heavy atom. The SMILES string of the molecule is COc1ccc(-c2nc3c(NS(=O)(=O)c4ccc(C)cc4)ncnc3n2Cc2ccc(Cl)cc2)cc1. The lowest BCUT2D eigenvalue weighted by atomic mass is 10.2. The van der Waals surface area contributed by atoms with Crippen LogP contribution in [0.4, 0.5) is 5.82 Å². The third-order valence-electron chi connectivity index (χ3n) is 5.70. The third kappa shape index (κ3) is 4.75. The van der Waals surface area contributed by atoms with Crippen molar-refractivity contribution in [1.29, 1.82) is 0 Å². The second-order valence-electron chi connectivity index (χ2n) is 8.19. The molecule has 8 nitrogen and oxygen atoms in total. The number of hydrogen-bond acceptors (Lipinski definition) is 6. The molecule has 3 aromatic carbocycles. The molecule has 0 unspecified atom stereocenters. The highest BCUT2D eigenvalue weighted by Gasteiger charge is 2.22. The van der Waals surface area contributed by atoms with Gasteiger partial charge in [-0.1, -0.05) is 41.4 Å². The molecule has 5 rings (SSSR count). The lowest BCUT2D eigenvalue weighted by Crippen LogP contribution is -2.14. The summed E-state index contributed by atoms with van der Waals surface area (Å²) in [4.78, 5) is 13.6. The molecule has 0 saturated heterocycles. The van der Waals surface area contributed by atoms with Crippen LogP contribution in [0.2, 0.25) is 5.02 Å². The molecule has 2 heterocycles. The predicted octanol–water partition coefficient (Wildman–Crippen LogP) is 5.31. The normalized spacial score (nSPS) is 11.5. The van der Waals surface area contributed by atoms with E-state index in [9.17, 15) is 8.42 Å². The van der Waals surface area contributed by atoms with Gasteiger partial charge in [-0.3, -0.25) is 4.72 Å². The van der Waals surface area contributed by atoms with Crippen molar-refractivity contribution in [2.45, 2.75) is 18.4 Å². The molecule has 36 heavy (non-hydrogen) atoms. The van der Waals surface area contributed by atoms with Crippen LogP contribution >= 0.6 is 11.6 Å². The van der Waals surface area contributed by atoms with Gasteiger partial charge in [-0.2, -0.15) is 0 Å². The molecular formula is C26H22ClN5O3S. The quantitative estimate of drug-likeness (QED) is 0.313. The van der Waals surface area contributed by atoms with E-state index in [1.165, 1.54) is 6.33 Å². The number of methoxy groups -OCH3 is 1. The van der Waals surface area contributed by atoms with Gasteiger partial charge in [-0.15, -0.1) is 0 Å². The van der Waals surface area contributed by atoms with Crippen LogP contribution in [-0.2, 0) is 16.6 Å². The molecule has 0 aliphatic heterocycles. The molecule has 0 amide bonds. The van der Waals surface area contributed by atoms with E-state index in [4.69, 9.17) is 21.3 Å². The molecule has 182 valence electrons. The van der Waals surface area contributed by atoms with E-state index in [0.717, 1.165) is 16.7 Å². The Labute approximate surface area is 213 Å². The molecule has 0 spiro atoms. The van der Waals surface area contributed by atoms with Gasteiger partial charge in [0.25, 0.3) is 10.0 Å². The van der Waals surface area contributed by atoms with Crippen LogP contribution in [0.5, 0.6) is 5.75 Å². The Hall–Kier alpha value is -3.95. The van der Waals surface area contributed by atoms with Gasteiger partial charge in [0, 0.05) is 10.6 Å². The van der Waals surface area contributed by atoms with Crippen molar-refractivity contribution >= 4 is 38.6 Å². The fourth-order valence-corrected chi connectivity index (χ4v) is 4.94. The molecule has 2 aromatic heterocycles. The first-order chi connectivity index (χ1) is 17.3. The summed E-state index contributed by atoms with van der Waals surface area (Å²) in [7, 11) is -2.28. The second kappa shape index (κ2) is 9.60. The average molecular weight is 520 g/mol. The van der Waals surface area contributed by atoms with Crippen molar-refractivity contribution in [3.05, 3.63) is 95.3 Å². The minimum Gasteiger partial charge on any atom is -0.497 e. The van der Waals surface area contributed by atoms with Crippen LogP contribution < -0.4 is 9.46 Å². The number of hydrogen-bond donors (Lipinski definition) is 1. The minimum atomic E-state index is -3.88. The number of aryl methyl sites for hydroxylation is 1. The number of nitrogens with one attached hydrogen (secondary N) is 1. The number of sulfonamides is 1. The maximum atomic E-state index is 13.1. The summed E-state index contributed by atoms with van der Waals surface area (Å²) in [5.41, 5.74) is 3.59. The summed E-state index contributed by atoms with van der Waals surface area (Å²) < 4.78 is 36.0. The molecular weight excluding hydrogens is 498 g/mol. The smallest absolute Gasteiger partial charge is 0.263 e. The van der Waals surface area contributed by atoms with Gasteiger partial charge in [0.2, 0.25) is 0 Å².